The third-order valence-electron chi connectivity index (χ3n) is 6.31. The van der Waals surface area contributed by atoms with Crippen LogP contribution in [0.2, 0.25) is 0 Å². The number of hydrogen-bond acceptors (Lipinski definition) is 5. The normalized spacial score (nSPS) is 19.0. The van der Waals surface area contributed by atoms with Crippen molar-refractivity contribution in [3.63, 3.8) is 0 Å². The Morgan fingerprint density at radius 3 is 2.40 bits per heavy atom. The largest absolute Gasteiger partial charge is 0.497 e. The average Bonchev–Trinajstić information content (AvgIpc) is 3.44. The van der Waals surface area contributed by atoms with E-state index in [1.807, 2.05) is 31.2 Å². The molecule has 2 fully saturated rings. The minimum Gasteiger partial charge on any atom is -0.497 e. The lowest BCUT2D eigenvalue weighted by Crippen LogP contribution is -2.37. The Morgan fingerprint density at radius 2 is 1.73 bits per heavy atom. The van der Waals surface area contributed by atoms with Crippen LogP contribution in [0.1, 0.15) is 70.8 Å². The van der Waals surface area contributed by atoms with Gasteiger partial charge in [0.2, 0.25) is 5.91 Å². The molecule has 1 amide bonds. The zero-order valence-corrected chi connectivity index (χ0v) is 18.8. The lowest BCUT2D eigenvalue weighted by molar-refractivity contribution is -0.120. The fourth-order valence-corrected chi connectivity index (χ4v) is 5.49. The van der Waals surface area contributed by atoms with E-state index in [9.17, 15) is 4.79 Å². The Kier molecular flexibility index (Phi) is 6.97. The van der Waals surface area contributed by atoms with Crippen LogP contribution in [-0.2, 0) is 4.79 Å². The van der Waals surface area contributed by atoms with E-state index in [4.69, 9.17) is 4.74 Å². The number of carbonyl (C=O) groups is 1. The molecule has 0 aliphatic heterocycles. The molecule has 7 heteroatoms. The maximum atomic E-state index is 12.7. The summed E-state index contributed by atoms with van der Waals surface area (Å²) in [7, 11) is 1.67. The summed E-state index contributed by atoms with van der Waals surface area (Å²) in [5.74, 6) is 1.82. The summed E-state index contributed by atoms with van der Waals surface area (Å²) in [5.41, 5.74) is 1.03. The molecule has 0 radical (unpaired) electrons. The van der Waals surface area contributed by atoms with Gasteiger partial charge in [-0.15, -0.1) is 10.2 Å². The number of carbonyl (C=O) groups excluding carboxylic acids is 1. The molecule has 0 saturated heterocycles. The molecule has 1 heterocycles. The predicted molar refractivity (Wildman–Crippen MR) is 120 cm³/mol. The first kappa shape index (κ1) is 21.2. The zero-order valence-electron chi connectivity index (χ0n) is 18.0. The Morgan fingerprint density at radius 1 is 1.07 bits per heavy atom. The fourth-order valence-electron chi connectivity index (χ4n) is 4.56. The molecule has 6 nitrogen and oxygen atoms in total. The highest BCUT2D eigenvalue weighted by Crippen LogP contribution is 2.37. The van der Waals surface area contributed by atoms with E-state index in [0.29, 0.717) is 12.1 Å². The number of nitrogens with one attached hydrogen (secondary N) is 1. The van der Waals surface area contributed by atoms with E-state index >= 15 is 0 Å². The van der Waals surface area contributed by atoms with Crippen LogP contribution in [0, 0.1) is 0 Å². The molecular formula is C23H32N4O2S. The lowest BCUT2D eigenvalue weighted by Gasteiger charge is -2.26. The van der Waals surface area contributed by atoms with Crippen molar-refractivity contribution in [2.45, 2.75) is 87.2 Å². The summed E-state index contributed by atoms with van der Waals surface area (Å²) in [6.07, 6.45) is 10.7. The number of rotatable bonds is 7. The third-order valence-corrected chi connectivity index (χ3v) is 7.36. The highest BCUT2D eigenvalue weighted by atomic mass is 32.2. The number of amides is 1. The van der Waals surface area contributed by atoms with Crippen molar-refractivity contribution in [1.29, 1.82) is 0 Å². The molecule has 1 atom stereocenters. The number of hydrogen-bond donors (Lipinski definition) is 1. The second-order valence-corrected chi connectivity index (χ2v) is 9.75. The van der Waals surface area contributed by atoms with Gasteiger partial charge in [-0.25, -0.2) is 0 Å². The summed E-state index contributed by atoms with van der Waals surface area (Å²) in [6.45, 7) is 1.97. The van der Waals surface area contributed by atoms with Crippen molar-refractivity contribution in [2.75, 3.05) is 7.11 Å². The van der Waals surface area contributed by atoms with Gasteiger partial charge >= 0.3 is 0 Å². The maximum absolute atomic E-state index is 12.7. The summed E-state index contributed by atoms with van der Waals surface area (Å²) in [5, 5.41) is 13.0. The Hall–Kier alpha value is -2.02. The van der Waals surface area contributed by atoms with E-state index in [1.54, 1.807) is 7.11 Å². The van der Waals surface area contributed by atoms with Crippen LogP contribution < -0.4 is 10.1 Å². The van der Waals surface area contributed by atoms with Crippen molar-refractivity contribution in [1.82, 2.24) is 20.1 Å². The topological polar surface area (TPSA) is 69.0 Å². The van der Waals surface area contributed by atoms with Gasteiger partial charge in [0.1, 0.15) is 5.75 Å². The summed E-state index contributed by atoms with van der Waals surface area (Å²) in [6, 6.07) is 8.71. The van der Waals surface area contributed by atoms with Gasteiger partial charge in [0.15, 0.2) is 11.0 Å². The van der Waals surface area contributed by atoms with Crippen LogP contribution in [0.3, 0.4) is 0 Å². The third kappa shape index (κ3) is 4.82. The molecule has 0 bridgehead atoms. The number of thioether (sulfide) groups is 1. The minimum atomic E-state index is -0.194. The van der Waals surface area contributed by atoms with Crippen LogP contribution in [0.25, 0.3) is 11.4 Å². The first-order valence-electron chi connectivity index (χ1n) is 11.2. The standard InChI is InChI=1S/C23H32N4O2S/c1-16(22(28)24-18-8-6-7-9-18)30-23-26-25-21(17-12-14-20(29-2)15-13-17)27(23)19-10-4-3-5-11-19/h12-16,18-19H,3-11H2,1-2H3,(H,24,28)/t16-/m0/s1. The highest BCUT2D eigenvalue weighted by Gasteiger charge is 2.27. The smallest absolute Gasteiger partial charge is 0.233 e. The minimum absolute atomic E-state index is 0.107. The monoisotopic (exact) mass is 428 g/mol. The van der Waals surface area contributed by atoms with Gasteiger partial charge in [0, 0.05) is 17.6 Å². The molecular weight excluding hydrogens is 396 g/mol. The number of ether oxygens (including phenoxy) is 1. The summed E-state index contributed by atoms with van der Waals surface area (Å²) in [4.78, 5) is 12.7. The quantitative estimate of drug-likeness (QED) is 0.629. The van der Waals surface area contributed by atoms with Gasteiger partial charge in [0.05, 0.1) is 12.4 Å². The maximum Gasteiger partial charge on any atom is 0.233 e. The van der Waals surface area contributed by atoms with Gasteiger partial charge in [-0.2, -0.15) is 0 Å². The molecule has 2 saturated carbocycles. The molecule has 2 aromatic rings. The molecule has 4 rings (SSSR count). The van der Waals surface area contributed by atoms with Gasteiger partial charge in [-0.1, -0.05) is 43.9 Å². The molecule has 2 aliphatic carbocycles. The van der Waals surface area contributed by atoms with Crippen molar-refractivity contribution in [2.24, 2.45) is 0 Å². The number of nitrogens with zero attached hydrogens (tertiary/aromatic N) is 3. The van der Waals surface area contributed by atoms with E-state index in [-0.39, 0.29) is 11.2 Å². The van der Waals surface area contributed by atoms with Crippen LogP contribution in [0.4, 0.5) is 0 Å². The van der Waals surface area contributed by atoms with Gasteiger partial charge in [-0.3, -0.25) is 9.36 Å². The van der Waals surface area contributed by atoms with Crippen LogP contribution in [0.5, 0.6) is 5.75 Å². The molecule has 2 aliphatic rings. The zero-order chi connectivity index (χ0) is 20.9. The van der Waals surface area contributed by atoms with Crippen LogP contribution >= 0.6 is 11.8 Å². The highest BCUT2D eigenvalue weighted by molar-refractivity contribution is 8.00. The van der Waals surface area contributed by atoms with Crippen LogP contribution in [0.15, 0.2) is 29.4 Å². The predicted octanol–water partition coefficient (Wildman–Crippen LogP) is 5.00. The Bertz CT molecular complexity index is 839. The first-order valence-corrected chi connectivity index (χ1v) is 12.1. The second kappa shape index (κ2) is 9.86. The van der Waals surface area contributed by atoms with Crippen LogP contribution in [-0.4, -0.2) is 39.1 Å². The molecule has 0 unspecified atom stereocenters. The fraction of sp³-hybridized carbons (Fsp3) is 0.609. The van der Waals surface area contributed by atoms with Gasteiger partial charge < -0.3 is 10.1 Å². The Balaban J connectivity index is 1.56. The summed E-state index contributed by atoms with van der Waals surface area (Å²) >= 11 is 1.53. The first-order chi connectivity index (χ1) is 14.7. The summed E-state index contributed by atoms with van der Waals surface area (Å²) < 4.78 is 7.58. The molecule has 0 spiro atoms. The molecule has 162 valence electrons. The van der Waals surface area contributed by atoms with E-state index in [0.717, 1.165) is 48.0 Å². The van der Waals surface area contributed by atoms with Gasteiger partial charge in [-0.05, 0) is 56.9 Å². The second-order valence-electron chi connectivity index (χ2n) is 8.45. The molecule has 1 N–H and O–H groups in total. The van der Waals surface area contributed by atoms with E-state index < -0.39 is 0 Å². The molecule has 30 heavy (non-hydrogen) atoms. The SMILES string of the molecule is COc1ccc(-c2nnc(S[C@@H](C)C(=O)NC3CCCC3)n2C2CCCCC2)cc1. The average molecular weight is 429 g/mol. The number of methoxy groups -OCH3 is 1. The van der Waals surface area contributed by atoms with Crippen molar-refractivity contribution < 1.29 is 9.53 Å². The van der Waals surface area contributed by atoms with E-state index in [1.165, 1.54) is 43.9 Å². The molecule has 1 aromatic heterocycles. The molecule has 1 aromatic carbocycles. The van der Waals surface area contributed by atoms with Gasteiger partial charge in [0.25, 0.3) is 0 Å². The number of benzene rings is 1. The van der Waals surface area contributed by atoms with Crippen molar-refractivity contribution in [3.8, 4) is 17.1 Å². The number of aromatic nitrogens is 3. The van der Waals surface area contributed by atoms with E-state index in [2.05, 4.69) is 20.1 Å². The van der Waals surface area contributed by atoms with Crippen molar-refractivity contribution in [3.05, 3.63) is 24.3 Å². The Labute approximate surface area is 183 Å². The van der Waals surface area contributed by atoms with Crippen molar-refractivity contribution >= 4 is 17.7 Å². The lowest BCUT2D eigenvalue weighted by atomic mass is 9.95.